The number of hydrogen-bond donors (Lipinski definition) is 1. The minimum atomic E-state index is 0.548. The molecule has 0 saturated heterocycles. The fraction of sp³-hybridized carbons (Fsp3) is 0.357. The topological polar surface area (TPSA) is 41.8 Å². The van der Waals surface area contributed by atoms with Gasteiger partial charge >= 0.3 is 0 Å². The molecule has 3 heteroatoms. The highest BCUT2D eigenvalue weighted by atomic mass is 16.5. The van der Waals surface area contributed by atoms with Gasteiger partial charge in [0.1, 0.15) is 5.75 Å². The lowest BCUT2D eigenvalue weighted by Gasteiger charge is -2.05. The number of oxime groups is 1. The molecule has 0 spiro atoms. The molecule has 17 heavy (non-hydrogen) atoms. The van der Waals surface area contributed by atoms with Crippen molar-refractivity contribution in [2.45, 2.75) is 26.2 Å². The van der Waals surface area contributed by atoms with Crippen LogP contribution in [0.5, 0.6) is 5.75 Å². The van der Waals surface area contributed by atoms with Gasteiger partial charge in [-0.2, -0.15) is 0 Å². The van der Waals surface area contributed by atoms with Crippen LogP contribution in [-0.2, 0) is 6.42 Å². The number of ether oxygens (including phenoxy) is 1. The molecule has 0 aliphatic heterocycles. The van der Waals surface area contributed by atoms with E-state index in [0.29, 0.717) is 13.0 Å². The summed E-state index contributed by atoms with van der Waals surface area (Å²) in [5.41, 5.74) is 1.93. The van der Waals surface area contributed by atoms with E-state index in [0.717, 1.165) is 24.3 Å². The van der Waals surface area contributed by atoms with Crippen molar-refractivity contribution in [2.75, 3.05) is 6.61 Å². The van der Waals surface area contributed by atoms with Gasteiger partial charge in [-0.3, -0.25) is 0 Å². The van der Waals surface area contributed by atoms with Crippen LogP contribution >= 0.6 is 0 Å². The summed E-state index contributed by atoms with van der Waals surface area (Å²) in [6.45, 7) is 2.35. The van der Waals surface area contributed by atoms with E-state index in [1.54, 1.807) is 6.92 Å². The van der Waals surface area contributed by atoms with Gasteiger partial charge in [0.25, 0.3) is 0 Å². The molecule has 1 N–H and O–H groups in total. The third kappa shape index (κ3) is 5.07. The number of terminal acetylenes is 1. The first-order chi connectivity index (χ1) is 8.26. The highest BCUT2D eigenvalue weighted by Crippen LogP contribution is 2.13. The van der Waals surface area contributed by atoms with Crippen molar-refractivity contribution < 1.29 is 9.94 Å². The molecule has 0 unspecified atom stereocenters. The highest BCUT2D eigenvalue weighted by Gasteiger charge is 1.97. The lowest BCUT2D eigenvalue weighted by Crippen LogP contribution is -1.97. The first kappa shape index (κ1) is 13.1. The van der Waals surface area contributed by atoms with E-state index in [4.69, 9.17) is 16.4 Å². The van der Waals surface area contributed by atoms with Gasteiger partial charge in [-0.1, -0.05) is 17.3 Å². The van der Waals surface area contributed by atoms with E-state index in [9.17, 15) is 0 Å². The quantitative estimate of drug-likeness (QED) is 0.269. The molecule has 0 bridgehead atoms. The normalized spacial score (nSPS) is 10.9. The predicted molar refractivity (Wildman–Crippen MR) is 68.6 cm³/mol. The predicted octanol–water partition coefficient (Wildman–Crippen LogP) is 2.87. The summed E-state index contributed by atoms with van der Waals surface area (Å²) in [4.78, 5) is 0. The van der Waals surface area contributed by atoms with E-state index in [-0.39, 0.29) is 0 Å². The van der Waals surface area contributed by atoms with Gasteiger partial charge in [-0.05, 0) is 37.5 Å². The van der Waals surface area contributed by atoms with Crippen molar-refractivity contribution in [3.63, 3.8) is 0 Å². The Morgan fingerprint density at radius 1 is 1.41 bits per heavy atom. The van der Waals surface area contributed by atoms with Crippen molar-refractivity contribution in [3.8, 4) is 18.1 Å². The van der Waals surface area contributed by atoms with Crippen LogP contribution in [0.2, 0.25) is 0 Å². The van der Waals surface area contributed by atoms with Crippen LogP contribution < -0.4 is 4.74 Å². The Hall–Kier alpha value is -1.95. The molecule has 90 valence electrons. The number of hydrogen-bond acceptors (Lipinski definition) is 3. The molecule has 0 aromatic heterocycles. The van der Waals surface area contributed by atoms with Gasteiger partial charge in [0, 0.05) is 6.42 Å². The van der Waals surface area contributed by atoms with Gasteiger partial charge in [0.2, 0.25) is 0 Å². The van der Waals surface area contributed by atoms with E-state index < -0.39 is 0 Å². The summed E-state index contributed by atoms with van der Waals surface area (Å²) in [7, 11) is 0. The van der Waals surface area contributed by atoms with E-state index in [1.807, 2.05) is 24.3 Å². The molecule has 1 aromatic rings. The third-order valence-electron chi connectivity index (χ3n) is 2.38. The second-order valence-corrected chi connectivity index (χ2v) is 3.78. The summed E-state index contributed by atoms with van der Waals surface area (Å²) in [5, 5.41) is 11.7. The Kier molecular flexibility index (Phi) is 5.67. The molecule has 0 saturated carbocycles. The SMILES string of the molecule is C#CCCOc1ccc(CC/C(C)=N/O)cc1. The minimum absolute atomic E-state index is 0.548. The van der Waals surface area contributed by atoms with Crippen LogP contribution in [0.4, 0.5) is 0 Å². The Labute approximate surface area is 102 Å². The smallest absolute Gasteiger partial charge is 0.119 e. The lowest BCUT2D eigenvalue weighted by molar-refractivity contribution is 0.317. The summed E-state index contributed by atoms with van der Waals surface area (Å²) in [6, 6.07) is 7.88. The van der Waals surface area contributed by atoms with Crippen LogP contribution in [0.25, 0.3) is 0 Å². The summed E-state index contributed by atoms with van der Waals surface area (Å²) in [5.74, 6) is 3.36. The van der Waals surface area contributed by atoms with Crippen LogP contribution in [0.3, 0.4) is 0 Å². The molecular weight excluding hydrogens is 214 g/mol. The molecule has 0 fully saturated rings. The lowest BCUT2D eigenvalue weighted by atomic mass is 10.1. The van der Waals surface area contributed by atoms with Crippen molar-refractivity contribution in [2.24, 2.45) is 5.16 Å². The Balaban J connectivity index is 2.42. The molecule has 1 aromatic carbocycles. The van der Waals surface area contributed by atoms with Gasteiger partial charge < -0.3 is 9.94 Å². The first-order valence-electron chi connectivity index (χ1n) is 5.59. The molecule has 0 radical (unpaired) electrons. The zero-order valence-corrected chi connectivity index (χ0v) is 10.0. The number of aryl methyl sites for hydroxylation is 1. The van der Waals surface area contributed by atoms with E-state index in [2.05, 4.69) is 11.1 Å². The average molecular weight is 231 g/mol. The van der Waals surface area contributed by atoms with Crippen molar-refractivity contribution in [1.29, 1.82) is 0 Å². The first-order valence-corrected chi connectivity index (χ1v) is 5.59. The Morgan fingerprint density at radius 2 is 2.12 bits per heavy atom. The van der Waals surface area contributed by atoms with Gasteiger partial charge in [0.15, 0.2) is 0 Å². The third-order valence-corrected chi connectivity index (χ3v) is 2.38. The van der Waals surface area contributed by atoms with Crippen LogP contribution in [0.1, 0.15) is 25.3 Å². The molecule has 0 amide bonds. The summed E-state index contributed by atoms with van der Waals surface area (Å²) >= 11 is 0. The fourth-order valence-corrected chi connectivity index (χ4v) is 1.36. The van der Waals surface area contributed by atoms with Gasteiger partial charge in [-0.25, -0.2) is 0 Å². The maximum absolute atomic E-state index is 8.53. The van der Waals surface area contributed by atoms with Crippen LogP contribution in [0, 0.1) is 12.3 Å². The standard InChI is InChI=1S/C14H17NO2/c1-3-4-11-17-14-9-7-13(8-10-14)6-5-12(2)15-16/h1,7-10,16H,4-6,11H2,2H3/b15-12+. The molecule has 3 nitrogen and oxygen atoms in total. The second kappa shape index (κ2) is 7.34. The molecule has 1 rings (SSSR count). The fourth-order valence-electron chi connectivity index (χ4n) is 1.36. The number of rotatable bonds is 6. The number of benzene rings is 1. The van der Waals surface area contributed by atoms with E-state index >= 15 is 0 Å². The van der Waals surface area contributed by atoms with Gasteiger partial charge in [0.05, 0.1) is 12.3 Å². The zero-order chi connectivity index (χ0) is 12.5. The van der Waals surface area contributed by atoms with Crippen LogP contribution in [-0.4, -0.2) is 17.5 Å². The van der Waals surface area contributed by atoms with E-state index in [1.165, 1.54) is 5.56 Å². The molecule has 0 heterocycles. The highest BCUT2D eigenvalue weighted by molar-refractivity contribution is 5.81. The summed E-state index contributed by atoms with van der Waals surface area (Å²) < 4.78 is 5.44. The maximum Gasteiger partial charge on any atom is 0.119 e. The van der Waals surface area contributed by atoms with Crippen LogP contribution in [0.15, 0.2) is 29.4 Å². The average Bonchev–Trinajstić information content (AvgIpc) is 2.37. The minimum Gasteiger partial charge on any atom is -0.493 e. The van der Waals surface area contributed by atoms with Crippen molar-refractivity contribution in [1.82, 2.24) is 0 Å². The maximum atomic E-state index is 8.53. The Morgan fingerprint density at radius 3 is 2.71 bits per heavy atom. The Bertz CT molecular complexity index is 401. The zero-order valence-electron chi connectivity index (χ0n) is 10.0. The summed E-state index contributed by atoms with van der Waals surface area (Å²) in [6.07, 6.45) is 7.37. The van der Waals surface area contributed by atoms with Gasteiger partial charge in [-0.15, -0.1) is 12.3 Å². The largest absolute Gasteiger partial charge is 0.493 e. The van der Waals surface area contributed by atoms with Crippen molar-refractivity contribution >= 4 is 5.71 Å². The molecule has 0 atom stereocenters. The molecular formula is C14H17NO2. The number of nitrogens with zero attached hydrogens (tertiary/aromatic N) is 1. The molecule has 0 aliphatic carbocycles. The van der Waals surface area contributed by atoms with Crippen molar-refractivity contribution in [3.05, 3.63) is 29.8 Å². The molecule has 0 aliphatic rings. The monoisotopic (exact) mass is 231 g/mol. The second-order valence-electron chi connectivity index (χ2n) is 3.78.